The molecule has 0 aliphatic carbocycles. The Morgan fingerprint density at radius 1 is 0.880 bits per heavy atom. The monoisotopic (exact) mass is 332 g/mol. The van der Waals surface area contributed by atoms with Gasteiger partial charge in [-0.2, -0.15) is 0 Å². The van der Waals surface area contributed by atoms with Gasteiger partial charge in [0.05, 0.1) is 11.9 Å². The van der Waals surface area contributed by atoms with Crippen LogP contribution in [0.4, 0.5) is 22.0 Å². The summed E-state index contributed by atoms with van der Waals surface area (Å²) in [5.41, 5.74) is 4.08. The number of amides is 2. The van der Waals surface area contributed by atoms with E-state index in [0.717, 1.165) is 17.9 Å². The summed E-state index contributed by atoms with van der Waals surface area (Å²) in [4.78, 5) is 16.2. The fraction of sp³-hybridized carbons (Fsp3) is 0.100. The Balaban J connectivity index is 1.51. The van der Waals surface area contributed by atoms with Crippen LogP contribution in [0.5, 0.6) is 0 Å². The van der Waals surface area contributed by atoms with Gasteiger partial charge in [0, 0.05) is 12.2 Å². The quantitative estimate of drug-likeness (QED) is 0.637. The number of hydrogen-bond donors (Lipinski definition) is 3. The van der Waals surface area contributed by atoms with Crippen LogP contribution in [0.1, 0.15) is 11.1 Å². The molecular formula is C20H20N4O. The Hall–Kier alpha value is -3.34. The van der Waals surface area contributed by atoms with E-state index in [1.54, 1.807) is 12.3 Å². The van der Waals surface area contributed by atoms with Crippen LogP contribution in [0.25, 0.3) is 0 Å². The summed E-state index contributed by atoms with van der Waals surface area (Å²) in [5.74, 6) is 0.495. The van der Waals surface area contributed by atoms with Crippen LogP contribution in [0, 0.1) is 6.92 Å². The summed E-state index contributed by atoms with van der Waals surface area (Å²) in [6, 6.07) is 21.0. The van der Waals surface area contributed by atoms with E-state index in [0.29, 0.717) is 5.82 Å². The summed E-state index contributed by atoms with van der Waals surface area (Å²) >= 11 is 0. The smallest absolute Gasteiger partial charge is 0.324 e. The van der Waals surface area contributed by atoms with Gasteiger partial charge >= 0.3 is 6.03 Å². The molecule has 2 aromatic carbocycles. The zero-order valence-corrected chi connectivity index (χ0v) is 14.0. The highest BCUT2D eigenvalue weighted by Crippen LogP contribution is 2.12. The van der Waals surface area contributed by atoms with E-state index >= 15 is 0 Å². The van der Waals surface area contributed by atoms with E-state index in [4.69, 9.17) is 0 Å². The van der Waals surface area contributed by atoms with Gasteiger partial charge < -0.3 is 10.6 Å². The van der Waals surface area contributed by atoms with Crippen molar-refractivity contribution in [3.8, 4) is 0 Å². The van der Waals surface area contributed by atoms with Gasteiger partial charge in [-0.15, -0.1) is 0 Å². The molecule has 1 aromatic heterocycles. The SMILES string of the molecule is Cc1ccc(CNc2ccc(NC(=O)Nc3ccccc3)nc2)cc1. The Kier molecular flexibility index (Phi) is 5.26. The van der Waals surface area contributed by atoms with Crippen LogP contribution in [0.15, 0.2) is 72.9 Å². The van der Waals surface area contributed by atoms with Gasteiger partial charge in [-0.25, -0.2) is 9.78 Å². The first-order valence-electron chi connectivity index (χ1n) is 8.07. The topological polar surface area (TPSA) is 66.0 Å². The number of benzene rings is 2. The van der Waals surface area contributed by atoms with E-state index in [9.17, 15) is 4.79 Å². The molecule has 25 heavy (non-hydrogen) atoms. The number of nitrogens with zero attached hydrogens (tertiary/aromatic N) is 1. The Labute approximate surface area is 147 Å². The molecule has 0 saturated carbocycles. The third-order valence-corrected chi connectivity index (χ3v) is 3.65. The minimum absolute atomic E-state index is 0.320. The van der Waals surface area contributed by atoms with Crippen LogP contribution in [0.2, 0.25) is 0 Å². The van der Waals surface area contributed by atoms with Crippen molar-refractivity contribution in [2.24, 2.45) is 0 Å². The molecule has 5 heteroatoms. The Morgan fingerprint density at radius 2 is 1.64 bits per heavy atom. The lowest BCUT2D eigenvalue weighted by molar-refractivity contribution is 0.262. The predicted octanol–water partition coefficient (Wildman–Crippen LogP) is 4.65. The van der Waals surface area contributed by atoms with Crippen LogP contribution >= 0.6 is 0 Å². The fourth-order valence-electron chi connectivity index (χ4n) is 2.28. The number of nitrogens with one attached hydrogen (secondary N) is 3. The average Bonchev–Trinajstić information content (AvgIpc) is 2.63. The maximum Gasteiger partial charge on any atom is 0.324 e. The summed E-state index contributed by atoms with van der Waals surface area (Å²) in [6.45, 7) is 2.80. The van der Waals surface area contributed by atoms with E-state index in [2.05, 4.69) is 52.1 Å². The summed E-state index contributed by atoms with van der Waals surface area (Å²) in [6.07, 6.45) is 1.70. The van der Waals surface area contributed by atoms with Crippen molar-refractivity contribution in [3.05, 3.63) is 84.1 Å². The molecule has 0 saturated heterocycles. The minimum atomic E-state index is -0.320. The predicted molar refractivity (Wildman–Crippen MR) is 102 cm³/mol. The van der Waals surface area contributed by atoms with Gasteiger partial charge in [-0.3, -0.25) is 5.32 Å². The van der Waals surface area contributed by atoms with Crippen LogP contribution in [0.3, 0.4) is 0 Å². The van der Waals surface area contributed by atoms with Gasteiger partial charge in [-0.1, -0.05) is 48.0 Å². The molecule has 0 bridgehead atoms. The number of hydrogen-bond acceptors (Lipinski definition) is 3. The van der Waals surface area contributed by atoms with Crippen molar-refractivity contribution in [2.75, 3.05) is 16.0 Å². The lowest BCUT2D eigenvalue weighted by Gasteiger charge is -2.09. The van der Waals surface area contributed by atoms with Crippen LogP contribution in [-0.2, 0) is 6.54 Å². The fourth-order valence-corrected chi connectivity index (χ4v) is 2.28. The lowest BCUT2D eigenvalue weighted by Crippen LogP contribution is -2.19. The second-order valence-electron chi connectivity index (χ2n) is 5.72. The number of pyridine rings is 1. The van der Waals surface area contributed by atoms with Crippen molar-refractivity contribution < 1.29 is 4.79 Å². The zero-order valence-electron chi connectivity index (χ0n) is 14.0. The first-order valence-corrected chi connectivity index (χ1v) is 8.07. The molecular weight excluding hydrogens is 312 g/mol. The number of anilines is 3. The third kappa shape index (κ3) is 5.07. The maximum atomic E-state index is 11.9. The van der Waals surface area contributed by atoms with Gasteiger partial charge in [-0.05, 0) is 36.8 Å². The molecule has 2 amide bonds. The number of aryl methyl sites for hydroxylation is 1. The van der Waals surface area contributed by atoms with E-state index in [1.807, 2.05) is 36.4 Å². The van der Waals surface area contributed by atoms with Crippen LogP contribution in [-0.4, -0.2) is 11.0 Å². The van der Waals surface area contributed by atoms with Gasteiger partial charge in [0.2, 0.25) is 0 Å². The molecule has 0 fully saturated rings. The normalized spacial score (nSPS) is 10.1. The summed E-state index contributed by atoms with van der Waals surface area (Å²) in [5, 5.41) is 8.77. The highest BCUT2D eigenvalue weighted by Gasteiger charge is 2.03. The molecule has 3 aromatic rings. The number of rotatable bonds is 5. The molecule has 0 aliphatic rings. The van der Waals surface area contributed by atoms with Crippen molar-refractivity contribution in [1.29, 1.82) is 0 Å². The van der Waals surface area contributed by atoms with Crippen molar-refractivity contribution >= 4 is 23.2 Å². The number of carbonyl (C=O) groups is 1. The highest BCUT2D eigenvalue weighted by atomic mass is 16.2. The third-order valence-electron chi connectivity index (χ3n) is 3.65. The standard InChI is InChI=1S/C20H20N4O/c1-15-7-9-16(10-8-15)13-21-18-11-12-19(22-14-18)24-20(25)23-17-5-3-2-4-6-17/h2-12,14,21H,13H2,1H3,(H2,22,23,24,25). The van der Waals surface area contributed by atoms with Crippen LogP contribution < -0.4 is 16.0 Å². The first kappa shape index (κ1) is 16.5. The number of urea groups is 1. The van der Waals surface area contributed by atoms with Gasteiger partial charge in [0.1, 0.15) is 5.82 Å². The number of aromatic nitrogens is 1. The molecule has 5 nitrogen and oxygen atoms in total. The lowest BCUT2D eigenvalue weighted by atomic mass is 10.1. The second-order valence-corrected chi connectivity index (χ2v) is 5.72. The van der Waals surface area contributed by atoms with E-state index < -0.39 is 0 Å². The van der Waals surface area contributed by atoms with Crippen molar-refractivity contribution in [2.45, 2.75) is 13.5 Å². The average molecular weight is 332 g/mol. The Morgan fingerprint density at radius 3 is 2.32 bits per heavy atom. The summed E-state index contributed by atoms with van der Waals surface area (Å²) < 4.78 is 0. The molecule has 0 aliphatic heterocycles. The molecule has 1 heterocycles. The molecule has 3 rings (SSSR count). The number of carbonyl (C=O) groups excluding carboxylic acids is 1. The van der Waals surface area contributed by atoms with E-state index in [1.165, 1.54) is 11.1 Å². The minimum Gasteiger partial charge on any atom is -0.380 e. The molecule has 0 atom stereocenters. The van der Waals surface area contributed by atoms with Crippen molar-refractivity contribution in [1.82, 2.24) is 4.98 Å². The first-order chi connectivity index (χ1) is 12.2. The molecule has 0 spiro atoms. The number of para-hydroxylation sites is 1. The van der Waals surface area contributed by atoms with Crippen molar-refractivity contribution in [3.63, 3.8) is 0 Å². The molecule has 3 N–H and O–H groups in total. The highest BCUT2D eigenvalue weighted by molar-refractivity contribution is 5.99. The largest absolute Gasteiger partial charge is 0.380 e. The van der Waals surface area contributed by atoms with Gasteiger partial charge in [0.15, 0.2) is 0 Å². The molecule has 0 unspecified atom stereocenters. The van der Waals surface area contributed by atoms with E-state index in [-0.39, 0.29) is 6.03 Å². The molecule has 126 valence electrons. The summed E-state index contributed by atoms with van der Waals surface area (Å²) in [7, 11) is 0. The Bertz CT molecular complexity index is 815. The zero-order chi connectivity index (χ0) is 17.5. The second kappa shape index (κ2) is 7.97. The molecule has 0 radical (unpaired) electrons. The maximum absolute atomic E-state index is 11.9. The van der Waals surface area contributed by atoms with Gasteiger partial charge in [0.25, 0.3) is 0 Å².